The van der Waals surface area contributed by atoms with Crippen LogP contribution in [0.2, 0.25) is 0 Å². The molecule has 0 saturated carbocycles. The monoisotopic (exact) mass is 387 g/mol. The van der Waals surface area contributed by atoms with Gasteiger partial charge in [0.25, 0.3) is 5.91 Å². The molecule has 5 heteroatoms. The Morgan fingerprint density at radius 3 is 2.52 bits per heavy atom. The lowest BCUT2D eigenvalue weighted by Gasteiger charge is -2.12. The second-order valence-electron chi connectivity index (χ2n) is 7.63. The number of hydrogen-bond acceptors (Lipinski definition) is 2. The summed E-state index contributed by atoms with van der Waals surface area (Å²) in [6, 6.07) is 15.9. The van der Waals surface area contributed by atoms with E-state index in [2.05, 4.69) is 36.0 Å². The van der Waals surface area contributed by atoms with E-state index in [1.807, 2.05) is 49.4 Å². The number of benzene rings is 2. The number of para-hydroxylation sites is 1. The number of imide groups is 1. The van der Waals surface area contributed by atoms with Gasteiger partial charge in [0.2, 0.25) is 0 Å². The smallest absolute Gasteiger partial charge is 0.329 e. The average Bonchev–Trinajstić information content (AvgIpc) is 3.22. The Labute approximate surface area is 170 Å². The van der Waals surface area contributed by atoms with Gasteiger partial charge < -0.3 is 9.88 Å². The van der Waals surface area contributed by atoms with E-state index in [9.17, 15) is 9.59 Å². The fraction of sp³-hybridized carbons (Fsp3) is 0.250. The molecule has 2 heterocycles. The Morgan fingerprint density at radius 1 is 1.07 bits per heavy atom. The minimum Gasteiger partial charge on any atom is -0.344 e. The summed E-state index contributed by atoms with van der Waals surface area (Å²) >= 11 is 0. The van der Waals surface area contributed by atoms with Gasteiger partial charge in [-0.15, -0.1) is 0 Å². The van der Waals surface area contributed by atoms with Crippen LogP contribution >= 0.6 is 0 Å². The van der Waals surface area contributed by atoms with Crippen molar-refractivity contribution in [1.82, 2.24) is 14.8 Å². The van der Waals surface area contributed by atoms with Gasteiger partial charge in [0.05, 0.1) is 6.54 Å². The molecule has 0 aliphatic carbocycles. The van der Waals surface area contributed by atoms with Crippen LogP contribution in [0.15, 0.2) is 60.4 Å². The zero-order valence-electron chi connectivity index (χ0n) is 17.0. The molecule has 2 aromatic carbocycles. The van der Waals surface area contributed by atoms with Crippen molar-refractivity contribution in [3.05, 3.63) is 77.1 Å². The third kappa shape index (κ3) is 3.56. The van der Waals surface area contributed by atoms with Crippen LogP contribution < -0.4 is 5.32 Å². The Bertz CT molecular complexity index is 1110. The molecule has 1 aromatic heterocycles. The van der Waals surface area contributed by atoms with Crippen LogP contribution in [0.5, 0.6) is 0 Å². The van der Waals surface area contributed by atoms with E-state index in [0.29, 0.717) is 11.7 Å². The van der Waals surface area contributed by atoms with Gasteiger partial charge in [-0.2, -0.15) is 0 Å². The first-order valence-corrected chi connectivity index (χ1v) is 9.97. The lowest BCUT2D eigenvalue weighted by molar-refractivity contribution is -0.123. The van der Waals surface area contributed by atoms with Gasteiger partial charge in [-0.1, -0.05) is 55.0 Å². The summed E-state index contributed by atoms with van der Waals surface area (Å²) in [6.45, 7) is 6.60. The highest BCUT2D eigenvalue weighted by molar-refractivity contribution is 6.14. The summed E-state index contributed by atoms with van der Waals surface area (Å²) in [5.41, 5.74) is 4.44. The van der Waals surface area contributed by atoms with Crippen LogP contribution in [0.25, 0.3) is 17.0 Å². The normalized spacial score (nSPS) is 16.7. The van der Waals surface area contributed by atoms with Gasteiger partial charge in [0.1, 0.15) is 5.70 Å². The second kappa shape index (κ2) is 7.59. The summed E-state index contributed by atoms with van der Waals surface area (Å²) in [5.74, 6) is -0.295. The Kier molecular flexibility index (Phi) is 4.97. The van der Waals surface area contributed by atoms with E-state index in [1.54, 1.807) is 6.08 Å². The number of carbonyl (C=O) groups excluding carboxylic acids is 2. The number of aryl methyl sites for hydroxylation is 1. The molecule has 29 heavy (non-hydrogen) atoms. The summed E-state index contributed by atoms with van der Waals surface area (Å²) in [6.07, 6.45) is 4.86. The van der Waals surface area contributed by atoms with E-state index >= 15 is 0 Å². The van der Waals surface area contributed by atoms with E-state index in [1.165, 1.54) is 4.90 Å². The van der Waals surface area contributed by atoms with Gasteiger partial charge in [-0.25, -0.2) is 4.79 Å². The lowest BCUT2D eigenvalue weighted by Crippen LogP contribution is -2.30. The number of carbonyl (C=O) groups is 2. The molecule has 1 fully saturated rings. The van der Waals surface area contributed by atoms with Crippen molar-refractivity contribution in [2.45, 2.75) is 39.8 Å². The number of fused-ring (bicyclic) bond motifs is 1. The van der Waals surface area contributed by atoms with Gasteiger partial charge >= 0.3 is 6.03 Å². The Morgan fingerprint density at radius 2 is 1.79 bits per heavy atom. The number of rotatable bonds is 5. The molecule has 148 valence electrons. The van der Waals surface area contributed by atoms with Gasteiger partial charge in [-0.3, -0.25) is 9.69 Å². The maximum absolute atomic E-state index is 12.9. The number of nitrogens with zero attached hydrogens (tertiary/aromatic N) is 2. The number of aromatic nitrogens is 1. The highest BCUT2D eigenvalue weighted by Gasteiger charge is 2.33. The molecule has 1 saturated heterocycles. The molecular weight excluding hydrogens is 362 g/mol. The van der Waals surface area contributed by atoms with Crippen molar-refractivity contribution in [2.75, 3.05) is 0 Å². The molecule has 1 N–H and O–H groups in total. The number of hydrogen-bond donors (Lipinski definition) is 1. The predicted octanol–water partition coefficient (Wildman–Crippen LogP) is 5.01. The lowest BCUT2D eigenvalue weighted by atomic mass is 10.1. The molecule has 4 rings (SSSR count). The minimum absolute atomic E-state index is 0.261. The fourth-order valence-electron chi connectivity index (χ4n) is 3.65. The molecule has 1 atom stereocenters. The minimum atomic E-state index is -0.382. The zero-order chi connectivity index (χ0) is 20.5. The summed E-state index contributed by atoms with van der Waals surface area (Å²) in [4.78, 5) is 26.6. The van der Waals surface area contributed by atoms with E-state index < -0.39 is 0 Å². The quantitative estimate of drug-likeness (QED) is 0.494. The van der Waals surface area contributed by atoms with Crippen molar-refractivity contribution in [1.29, 1.82) is 0 Å². The first-order chi connectivity index (χ1) is 14.0. The maximum atomic E-state index is 12.9. The number of amides is 3. The second-order valence-corrected chi connectivity index (χ2v) is 7.63. The molecule has 5 nitrogen and oxygen atoms in total. The third-order valence-electron chi connectivity index (χ3n) is 5.56. The first-order valence-electron chi connectivity index (χ1n) is 9.97. The van der Waals surface area contributed by atoms with Crippen LogP contribution in [0, 0.1) is 6.92 Å². The van der Waals surface area contributed by atoms with E-state index in [0.717, 1.165) is 34.0 Å². The van der Waals surface area contributed by atoms with Crippen molar-refractivity contribution in [3.8, 4) is 0 Å². The zero-order valence-corrected chi connectivity index (χ0v) is 17.0. The number of urea groups is 1. The summed E-state index contributed by atoms with van der Waals surface area (Å²) in [7, 11) is 0. The van der Waals surface area contributed by atoms with Gasteiger partial charge in [-0.05, 0) is 38.0 Å². The highest BCUT2D eigenvalue weighted by Crippen LogP contribution is 2.28. The van der Waals surface area contributed by atoms with E-state index in [-0.39, 0.29) is 18.5 Å². The van der Waals surface area contributed by atoms with Crippen LogP contribution in [0.1, 0.15) is 43.0 Å². The average molecular weight is 387 g/mol. The summed E-state index contributed by atoms with van der Waals surface area (Å²) < 4.78 is 2.23. The van der Waals surface area contributed by atoms with Crippen LogP contribution in [-0.4, -0.2) is 21.4 Å². The SMILES string of the molecule is CC[C@H](C)n1cc(/C=C2/NC(=O)N(Cc3ccc(C)cc3)C2=O)c2ccccc21. The Hall–Kier alpha value is -3.34. The van der Waals surface area contributed by atoms with Gasteiger partial charge in [0.15, 0.2) is 0 Å². The van der Waals surface area contributed by atoms with Crippen LogP contribution in [-0.2, 0) is 11.3 Å². The topological polar surface area (TPSA) is 54.3 Å². The fourth-order valence-corrected chi connectivity index (χ4v) is 3.65. The van der Waals surface area contributed by atoms with Crippen LogP contribution in [0.4, 0.5) is 4.79 Å². The van der Waals surface area contributed by atoms with E-state index in [4.69, 9.17) is 0 Å². The molecule has 0 bridgehead atoms. The van der Waals surface area contributed by atoms with Crippen LogP contribution in [0.3, 0.4) is 0 Å². The molecule has 0 spiro atoms. The number of nitrogens with one attached hydrogen (secondary N) is 1. The predicted molar refractivity (Wildman–Crippen MR) is 115 cm³/mol. The Balaban J connectivity index is 1.66. The van der Waals surface area contributed by atoms with Crippen molar-refractivity contribution in [2.24, 2.45) is 0 Å². The molecule has 1 aliphatic rings. The standard InChI is InChI=1S/C24H25N3O2/c1-4-17(3)26-15-19(20-7-5-6-8-22(20)26)13-21-23(28)27(24(29)25-21)14-18-11-9-16(2)10-12-18/h5-13,15,17H,4,14H2,1-3H3,(H,25,29)/b21-13+/t17-/m0/s1. The van der Waals surface area contributed by atoms with Crippen molar-refractivity contribution >= 4 is 28.9 Å². The highest BCUT2D eigenvalue weighted by atomic mass is 16.2. The molecule has 0 unspecified atom stereocenters. The first kappa shape index (κ1) is 19.0. The molecule has 1 aliphatic heterocycles. The maximum Gasteiger partial charge on any atom is 0.329 e. The molecular formula is C24H25N3O2. The summed E-state index contributed by atoms with van der Waals surface area (Å²) in [5, 5.41) is 3.81. The largest absolute Gasteiger partial charge is 0.344 e. The third-order valence-corrected chi connectivity index (χ3v) is 5.56. The molecule has 3 amide bonds. The molecule has 0 radical (unpaired) electrons. The molecule has 3 aromatic rings. The van der Waals surface area contributed by atoms with Gasteiger partial charge in [0, 0.05) is 28.7 Å². The van der Waals surface area contributed by atoms with Crippen molar-refractivity contribution in [3.63, 3.8) is 0 Å². The van der Waals surface area contributed by atoms with Crippen molar-refractivity contribution < 1.29 is 9.59 Å².